The summed E-state index contributed by atoms with van der Waals surface area (Å²) in [6.45, 7) is 2.56. The van der Waals surface area contributed by atoms with E-state index in [1.165, 1.54) is 70.6 Å². The van der Waals surface area contributed by atoms with Crippen LogP contribution in [0.15, 0.2) is 12.2 Å². The maximum Gasteiger partial charge on any atom is 0.0465 e. The SMILES string of the molecule is CCCCCCCCCCCC/C=C/CCO. The maximum atomic E-state index is 8.59. The van der Waals surface area contributed by atoms with Crippen LogP contribution in [0.4, 0.5) is 0 Å². The third-order valence-corrected chi connectivity index (χ3v) is 3.19. The van der Waals surface area contributed by atoms with Crippen molar-refractivity contribution < 1.29 is 5.11 Å². The highest BCUT2D eigenvalue weighted by Crippen LogP contribution is 2.11. The molecule has 0 aliphatic heterocycles. The molecule has 0 rings (SSSR count). The number of allylic oxidation sites excluding steroid dienone is 1. The summed E-state index contributed by atoms with van der Waals surface area (Å²) in [5.74, 6) is 0. The van der Waals surface area contributed by atoms with Crippen molar-refractivity contribution >= 4 is 0 Å². The van der Waals surface area contributed by atoms with E-state index in [1.807, 2.05) is 0 Å². The lowest BCUT2D eigenvalue weighted by atomic mass is 10.1. The molecule has 0 unspecified atom stereocenters. The quantitative estimate of drug-likeness (QED) is 0.345. The summed E-state index contributed by atoms with van der Waals surface area (Å²) < 4.78 is 0. The van der Waals surface area contributed by atoms with Gasteiger partial charge in [-0.15, -0.1) is 0 Å². The number of hydrogen-bond acceptors (Lipinski definition) is 1. The lowest BCUT2D eigenvalue weighted by Gasteiger charge is -2.01. The van der Waals surface area contributed by atoms with E-state index >= 15 is 0 Å². The predicted molar refractivity (Wildman–Crippen MR) is 77.3 cm³/mol. The highest BCUT2D eigenvalue weighted by molar-refractivity contribution is 4.80. The first kappa shape index (κ1) is 16.7. The van der Waals surface area contributed by atoms with Gasteiger partial charge in [0.25, 0.3) is 0 Å². The highest BCUT2D eigenvalue weighted by Gasteiger charge is 1.91. The van der Waals surface area contributed by atoms with Crippen molar-refractivity contribution in [3.8, 4) is 0 Å². The minimum absolute atomic E-state index is 0.286. The summed E-state index contributed by atoms with van der Waals surface area (Å²) in [6, 6.07) is 0. The highest BCUT2D eigenvalue weighted by atomic mass is 16.2. The van der Waals surface area contributed by atoms with E-state index in [2.05, 4.69) is 19.1 Å². The molecule has 1 heteroatoms. The van der Waals surface area contributed by atoms with Crippen LogP contribution < -0.4 is 0 Å². The van der Waals surface area contributed by atoms with Crippen LogP contribution >= 0.6 is 0 Å². The van der Waals surface area contributed by atoms with Crippen molar-refractivity contribution in [1.29, 1.82) is 0 Å². The van der Waals surface area contributed by atoms with E-state index in [0.29, 0.717) is 0 Å². The van der Waals surface area contributed by atoms with Gasteiger partial charge in [-0.3, -0.25) is 0 Å². The van der Waals surface area contributed by atoms with Gasteiger partial charge in [-0.25, -0.2) is 0 Å². The Kier molecular flexibility index (Phi) is 15.4. The van der Waals surface area contributed by atoms with Gasteiger partial charge in [-0.2, -0.15) is 0 Å². The van der Waals surface area contributed by atoms with Crippen LogP contribution in [0.3, 0.4) is 0 Å². The first-order valence-corrected chi connectivity index (χ1v) is 7.67. The Morgan fingerprint density at radius 2 is 1.12 bits per heavy atom. The Bertz CT molecular complexity index is 152. The zero-order valence-corrected chi connectivity index (χ0v) is 11.8. The standard InChI is InChI=1S/C16H32O/c1-2-3-4-5-6-7-8-9-10-11-12-13-14-15-16-17/h13-14,17H,2-12,15-16H2,1H3/b14-13+. The van der Waals surface area contributed by atoms with E-state index in [9.17, 15) is 0 Å². The largest absolute Gasteiger partial charge is 0.396 e. The molecule has 0 saturated heterocycles. The number of aliphatic hydroxyl groups is 1. The van der Waals surface area contributed by atoms with Gasteiger partial charge >= 0.3 is 0 Å². The summed E-state index contributed by atoms with van der Waals surface area (Å²) in [6.07, 6.45) is 20.3. The summed E-state index contributed by atoms with van der Waals surface area (Å²) >= 11 is 0. The molecular formula is C16H32O. The predicted octanol–water partition coefficient (Wildman–Crippen LogP) is 5.24. The first-order chi connectivity index (χ1) is 8.41. The molecule has 0 bridgehead atoms. The van der Waals surface area contributed by atoms with Gasteiger partial charge < -0.3 is 5.11 Å². The van der Waals surface area contributed by atoms with Crippen LogP contribution in [0.25, 0.3) is 0 Å². The van der Waals surface area contributed by atoms with Crippen molar-refractivity contribution in [1.82, 2.24) is 0 Å². The van der Waals surface area contributed by atoms with Crippen molar-refractivity contribution in [2.75, 3.05) is 6.61 Å². The third kappa shape index (κ3) is 15.7. The molecule has 0 heterocycles. The molecule has 0 amide bonds. The monoisotopic (exact) mass is 240 g/mol. The molecule has 1 N–H and O–H groups in total. The number of hydrogen-bond donors (Lipinski definition) is 1. The van der Waals surface area contributed by atoms with Crippen LogP contribution in [0.5, 0.6) is 0 Å². The topological polar surface area (TPSA) is 20.2 Å². The van der Waals surface area contributed by atoms with Crippen molar-refractivity contribution in [2.45, 2.75) is 84.0 Å². The molecule has 0 fully saturated rings. The molecule has 0 aliphatic carbocycles. The molecule has 0 atom stereocenters. The number of rotatable bonds is 13. The Morgan fingerprint density at radius 3 is 1.65 bits per heavy atom. The average molecular weight is 240 g/mol. The normalized spacial score (nSPS) is 11.4. The second-order valence-electron chi connectivity index (χ2n) is 4.95. The average Bonchev–Trinajstić information content (AvgIpc) is 2.35. The Hall–Kier alpha value is -0.300. The molecule has 0 aromatic heterocycles. The van der Waals surface area contributed by atoms with E-state index in [1.54, 1.807) is 0 Å². The van der Waals surface area contributed by atoms with Gasteiger partial charge in [0.1, 0.15) is 0 Å². The Balaban J connectivity index is 2.94. The van der Waals surface area contributed by atoms with E-state index < -0.39 is 0 Å². The zero-order chi connectivity index (χ0) is 12.6. The number of unbranched alkanes of at least 4 members (excludes halogenated alkanes) is 10. The van der Waals surface area contributed by atoms with Gasteiger partial charge in [0.15, 0.2) is 0 Å². The van der Waals surface area contributed by atoms with Gasteiger partial charge in [0, 0.05) is 6.61 Å². The molecule has 1 nitrogen and oxygen atoms in total. The summed E-state index contributed by atoms with van der Waals surface area (Å²) in [4.78, 5) is 0. The molecule has 17 heavy (non-hydrogen) atoms. The molecule has 0 spiro atoms. The molecule has 0 aromatic rings. The lowest BCUT2D eigenvalue weighted by molar-refractivity contribution is 0.302. The minimum Gasteiger partial charge on any atom is -0.396 e. The molecule has 0 saturated carbocycles. The third-order valence-electron chi connectivity index (χ3n) is 3.19. The minimum atomic E-state index is 0.286. The zero-order valence-electron chi connectivity index (χ0n) is 11.8. The van der Waals surface area contributed by atoms with Gasteiger partial charge in [-0.1, -0.05) is 76.9 Å². The van der Waals surface area contributed by atoms with Gasteiger partial charge in [0.2, 0.25) is 0 Å². The van der Waals surface area contributed by atoms with Crippen LogP contribution in [-0.2, 0) is 0 Å². The maximum absolute atomic E-state index is 8.59. The Labute approximate surface area is 108 Å². The molecule has 0 radical (unpaired) electrons. The fourth-order valence-electron chi connectivity index (χ4n) is 2.06. The summed E-state index contributed by atoms with van der Waals surface area (Å²) in [5.41, 5.74) is 0. The fraction of sp³-hybridized carbons (Fsp3) is 0.875. The second-order valence-corrected chi connectivity index (χ2v) is 4.95. The van der Waals surface area contributed by atoms with E-state index in [0.717, 1.165) is 6.42 Å². The van der Waals surface area contributed by atoms with Crippen molar-refractivity contribution in [2.24, 2.45) is 0 Å². The molecule has 0 aliphatic rings. The van der Waals surface area contributed by atoms with Crippen LogP contribution in [0.2, 0.25) is 0 Å². The van der Waals surface area contributed by atoms with E-state index in [-0.39, 0.29) is 6.61 Å². The van der Waals surface area contributed by atoms with Gasteiger partial charge in [-0.05, 0) is 19.3 Å². The second kappa shape index (κ2) is 15.7. The molecule has 0 aromatic carbocycles. The van der Waals surface area contributed by atoms with Crippen LogP contribution in [0.1, 0.15) is 84.0 Å². The molecule has 102 valence electrons. The fourth-order valence-corrected chi connectivity index (χ4v) is 2.06. The summed E-state index contributed by atoms with van der Waals surface area (Å²) in [5, 5.41) is 8.59. The molecular weight excluding hydrogens is 208 g/mol. The lowest BCUT2D eigenvalue weighted by Crippen LogP contribution is -1.81. The smallest absolute Gasteiger partial charge is 0.0465 e. The van der Waals surface area contributed by atoms with Crippen LogP contribution in [0, 0.1) is 0 Å². The van der Waals surface area contributed by atoms with E-state index in [4.69, 9.17) is 5.11 Å². The van der Waals surface area contributed by atoms with Gasteiger partial charge in [0.05, 0.1) is 0 Å². The Morgan fingerprint density at radius 1 is 0.647 bits per heavy atom. The van der Waals surface area contributed by atoms with Crippen molar-refractivity contribution in [3.05, 3.63) is 12.2 Å². The number of aliphatic hydroxyl groups excluding tert-OH is 1. The summed E-state index contributed by atoms with van der Waals surface area (Å²) in [7, 11) is 0. The van der Waals surface area contributed by atoms with Crippen LogP contribution in [-0.4, -0.2) is 11.7 Å². The van der Waals surface area contributed by atoms with Crippen molar-refractivity contribution in [3.63, 3.8) is 0 Å². The first-order valence-electron chi connectivity index (χ1n) is 7.67.